The summed E-state index contributed by atoms with van der Waals surface area (Å²) in [7, 11) is -3.35. The quantitative estimate of drug-likeness (QED) is 0.779. The number of ketones is 1. The van der Waals surface area contributed by atoms with E-state index in [0.717, 1.165) is 6.26 Å². The molecule has 0 spiro atoms. The first-order chi connectivity index (χ1) is 8.43. The molecule has 1 aromatic rings. The van der Waals surface area contributed by atoms with Crippen molar-refractivity contribution in [3.05, 3.63) is 23.8 Å². The maximum atomic E-state index is 11.7. The lowest BCUT2D eigenvalue weighted by Gasteiger charge is -2.29. The molecule has 2 rings (SSSR count). The fourth-order valence-electron chi connectivity index (χ4n) is 1.92. The zero-order valence-electron chi connectivity index (χ0n) is 10.3. The van der Waals surface area contributed by atoms with Crippen LogP contribution in [0.4, 0.5) is 5.69 Å². The van der Waals surface area contributed by atoms with Crippen LogP contribution in [-0.4, -0.2) is 33.6 Å². The summed E-state index contributed by atoms with van der Waals surface area (Å²) in [5.74, 6) is 0.483. The van der Waals surface area contributed by atoms with Gasteiger partial charge in [0.15, 0.2) is 5.78 Å². The Bertz CT molecular complexity index is 580. The molecular weight excluding hydrogens is 254 g/mol. The van der Waals surface area contributed by atoms with Crippen molar-refractivity contribution in [3.8, 4) is 5.75 Å². The average molecular weight is 269 g/mol. The minimum absolute atomic E-state index is 0.0168. The molecular formula is C12H15NO4S. The number of benzene rings is 1. The number of carbonyl (C=O) groups excluding carboxylic acids is 1. The Morgan fingerprint density at radius 1 is 1.44 bits per heavy atom. The number of hydrogen-bond donors (Lipinski definition) is 0. The van der Waals surface area contributed by atoms with E-state index in [2.05, 4.69) is 0 Å². The third-order valence-corrected chi connectivity index (χ3v) is 4.00. The van der Waals surface area contributed by atoms with Gasteiger partial charge in [-0.15, -0.1) is 0 Å². The Morgan fingerprint density at radius 2 is 2.17 bits per heavy atom. The van der Waals surface area contributed by atoms with Crippen LogP contribution in [0.1, 0.15) is 23.7 Å². The first-order valence-corrected chi connectivity index (χ1v) is 7.56. The maximum absolute atomic E-state index is 11.7. The average Bonchev–Trinajstić information content (AvgIpc) is 2.35. The standard InChI is InChI=1S/C12H15NO4S/c1-3-11(14)9-4-5-12-10(8-9)13(6-7-17-12)18(2,15)16/h4-5,8H,3,6-7H2,1-2H3. The van der Waals surface area contributed by atoms with Gasteiger partial charge in [-0.2, -0.15) is 0 Å². The van der Waals surface area contributed by atoms with Crippen LogP contribution in [-0.2, 0) is 10.0 Å². The van der Waals surface area contributed by atoms with Crippen LogP contribution in [0.5, 0.6) is 5.75 Å². The fraction of sp³-hybridized carbons (Fsp3) is 0.417. The van der Waals surface area contributed by atoms with Crippen LogP contribution in [0.15, 0.2) is 18.2 Å². The number of sulfonamides is 1. The zero-order chi connectivity index (χ0) is 13.3. The number of fused-ring (bicyclic) bond motifs is 1. The van der Waals surface area contributed by atoms with Crippen molar-refractivity contribution in [1.82, 2.24) is 0 Å². The van der Waals surface area contributed by atoms with Crippen molar-refractivity contribution >= 4 is 21.5 Å². The van der Waals surface area contributed by atoms with E-state index in [1.165, 1.54) is 4.31 Å². The Labute approximate surface area is 106 Å². The fourth-order valence-corrected chi connectivity index (χ4v) is 2.82. The van der Waals surface area contributed by atoms with Crippen LogP contribution < -0.4 is 9.04 Å². The van der Waals surface area contributed by atoms with E-state index >= 15 is 0 Å². The summed E-state index contributed by atoms with van der Waals surface area (Å²) in [6, 6.07) is 4.90. The van der Waals surface area contributed by atoms with Crippen molar-refractivity contribution in [2.24, 2.45) is 0 Å². The van der Waals surface area contributed by atoms with E-state index in [1.807, 2.05) is 0 Å². The van der Waals surface area contributed by atoms with Gasteiger partial charge >= 0.3 is 0 Å². The van der Waals surface area contributed by atoms with Crippen molar-refractivity contribution < 1.29 is 17.9 Å². The van der Waals surface area contributed by atoms with Gasteiger partial charge in [0.25, 0.3) is 0 Å². The number of nitrogens with zero attached hydrogens (tertiary/aromatic N) is 1. The van der Waals surface area contributed by atoms with Crippen molar-refractivity contribution in [3.63, 3.8) is 0 Å². The highest BCUT2D eigenvalue weighted by atomic mass is 32.2. The van der Waals surface area contributed by atoms with Gasteiger partial charge in [-0.25, -0.2) is 8.42 Å². The molecule has 0 unspecified atom stereocenters. The first-order valence-electron chi connectivity index (χ1n) is 5.71. The highest BCUT2D eigenvalue weighted by Crippen LogP contribution is 2.34. The number of carbonyl (C=O) groups is 1. The van der Waals surface area contributed by atoms with Crippen molar-refractivity contribution in [2.75, 3.05) is 23.7 Å². The van der Waals surface area contributed by atoms with Gasteiger partial charge in [0.05, 0.1) is 18.5 Å². The first kappa shape index (κ1) is 12.9. The summed E-state index contributed by atoms with van der Waals surface area (Å²) in [5.41, 5.74) is 0.957. The van der Waals surface area contributed by atoms with E-state index in [1.54, 1.807) is 25.1 Å². The minimum atomic E-state index is -3.35. The van der Waals surface area contributed by atoms with E-state index in [-0.39, 0.29) is 12.3 Å². The highest BCUT2D eigenvalue weighted by Gasteiger charge is 2.25. The summed E-state index contributed by atoms with van der Waals surface area (Å²) in [4.78, 5) is 11.6. The molecule has 0 atom stereocenters. The van der Waals surface area contributed by atoms with Crippen LogP contribution in [0.25, 0.3) is 0 Å². The second kappa shape index (κ2) is 4.61. The Balaban J connectivity index is 2.51. The minimum Gasteiger partial charge on any atom is -0.489 e. The molecule has 0 aliphatic carbocycles. The summed E-state index contributed by atoms with van der Waals surface area (Å²) >= 11 is 0. The maximum Gasteiger partial charge on any atom is 0.232 e. The molecule has 0 saturated carbocycles. The molecule has 1 aliphatic rings. The molecule has 1 heterocycles. The zero-order valence-corrected chi connectivity index (χ0v) is 11.2. The highest BCUT2D eigenvalue weighted by molar-refractivity contribution is 7.92. The molecule has 18 heavy (non-hydrogen) atoms. The van der Waals surface area contributed by atoms with Gasteiger partial charge in [-0.1, -0.05) is 6.92 Å². The largest absolute Gasteiger partial charge is 0.489 e. The second-order valence-electron chi connectivity index (χ2n) is 4.14. The molecule has 1 aromatic carbocycles. The smallest absolute Gasteiger partial charge is 0.232 e. The van der Waals surface area contributed by atoms with Gasteiger partial charge in [-0.05, 0) is 18.2 Å². The monoisotopic (exact) mass is 269 g/mol. The lowest BCUT2D eigenvalue weighted by Crippen LogP contribution is -2.37. The molecule has 0 N–H and O–H groups in total. The molecule has 5 nitrogen and oxygen atoms in total. The van der Waals surface area contributed by atoms with Gasteiger partial charge in [0, 0.05) is 12.0 Å². The molecule has 0 fully saturated rings. The van der Waals surface area contributed by atoms with Crippen LogP contribution in [0.3, 0.4) is 0 Å². The van der Waals surface area contributed by atoms with E-state index in [4.69, 9.17) is 4.74 Å². The van der Waals surface area contributed by atoms with E-state index in [0.29, 0.717) is 30.0 Å². The number of Topliss-reactive ketones (excluding diaryl/α,β-unsaturated/α-hetero) is 1. The van der Waals surface area contributed by atoms with Crippen molar-refractivity contribution in [2.45, 2.75) is 13.3 Å². The molecule has 1 aliphatic heterocycles. The van der Waals surface area contributed by atoms with Crippen molar-refractivity contribution in [1.29, 1.82) is 0 Å². The van der Waals surface area contributed by atoms with Gasteiger partial charge in [0.2, 0.25) is 10.0 Å². The molecule has 0 aromatic heterocycles. The summed E-state index contributed by atoms with van der Waals surface area (Å²) < 4.78 is 30.0. The second-order valence-corrected chi connectivity index (χ2v) is 6.05. The normalized spacial score (nSPS) is 14.9. The Kier molecular flexibility index (Phi) is 3.30. The number of hydrogen-bond acceptors (Lipinski definition) is 4. The Hall–Kier alpha value is -1.56. The number of anilines is 1. The van der Waals surface area contributed by atoms with Gasteiger partial charge in [-0.3, -0.25) is 9.10 Å². The summed E-state index contributed by atoms with van der Waals surface area (Å²) in [5, 5.41) is 0. The van der Waals surface area contributed by atoms with Crippen LogP contribution in [0, 0.1) is 0 Å². The lowest BCUT2D eigenvalue weighted by molar-refractivity contribution is 0.0988. The molecule has 98 valence electrons. The van der Waals surface area contributed by atoms with E-state index in [9.17, 15) is 13.2 Å². The predicted molar refractivity (Wildman–Crippen MR) is 68.7 cm³/mol. The molecule has 0 bridgehead atoms. The number of rotatable bonds is 3. The third-order valence-electron chi connectivity index (χ3n) is 2.82. The lowest BCUT2D eigenvalue weighted by atomic mass is 10.1. The van der Waals surface area contributed by atoms with Gasteiger partial charge < -0.3 is 4.74 Å². The van der Waals surface area contributed by atoms with Crippen LogP contribution in [0.2, 0.25) is 0 Å². The molecule has 6 heteroatoms. The Morgan fingerprint density at radius 3 is 2.78 bits per heavy atom. The summed E-state index contributed by atoms with van der Waals surface area (Å²) in [6.45, 7) is 2.36. The number of ether oxygens (including phenoxy) is 1. The third kappa shape index (κ3) is 2.33. The molecule has 0 saturated heterocycles. The summed E-state index contributed by atoms with van der Waals surface area (Å²) in [6.07, 6.45) is 1.54. The predicted octanol–water partition coefficient (Wildman–Crippen LogP) is 1.44. The van der Waals surface area contributed by atoms with E-state index < -0.39 is 10.0 Å². The molecule has 0 radical (unpaired) electrons. The van der Waals surface area contributed by atoms with Crippen LogP contribution >= 0.6 is 0 Å². The SMILES string of the molecule is CCC(=O)c1ccc2c(c1)N(S(C)(=O)=O)CCO2. The van der Waals surface area contributed by atoms with Gasteiger partial charge in [0.1, 0.15) is 12.4 Å². The molecule has 0 amide bonds. The topological polar surface area (TPSA) is 63.7 Å².